The normalized spacial score (nSPS) is 11.3. The molecule has 35 heavy (non-hydrogen) atoms. The van der Waals surface area contributed by atoms with Gasteiger partial charge in [0.1, 0.15) is 11.6 Å². The van der Waals surface area contributed by atoms with Crippen LogP contribution in [0.15, 0.2) is 41.1 Å². The second-order valence-corrected chi connectivity index (χ2v) is 6.68. The Balaban J connectivity index is 0.000000540. The first kappa shape index (κ1) is 27.2. The number of carboxylic acid groups (broad SMARTS) is 1. The zero-order chi connectivity index (χ0) is 26.5. The molecule has 3 aromatic heterocycles. The summed E-state index contributed by atoms with van der Waals surface area (Å²) in [5, 5.41) is 16.7. The van der Waals surface area contributed by atoms with Gasteiger partial charge in [-0.15, -0.1) is 0 Å². The highest BCUT2D eigenvalue weighted by atomic mass is 19.4. The molecule has 4 N–H and O–H groups in total. The lowest BCUT2D eigenvalue weighted by Gasteiger charge is -2.10. The van der Waals surface area contributed by atoms with E-state index < -0.39 is 30.5 Å². The monoisotopic (exact) mass is 511 g/mol. The van der Waals surface area contributed by atoms with Crippen molar-refractivity contribution in [3.05, 3.63) is 58.2 Å². The van der Waals surface area contributed by atoms with Crippen molar-refractivity contribution in [2.75, 3.05) is 6.54 Å². The largest absolute Gasteiger partial charge is 0.490 e. The van der Waals surface area contributed by atoms with Gasteiger partial charge in [0.05, 0.1) is 6.20 Å². The van der Waals surface area contributed by atoms with Gasteiger partial charge in [0, 0.05) is 42.1 Å². The van der Waals surface area contributed by atoms with Crippen molar-refractivity contribution in [2.24, 2.45) is 5.73 Å². The lowest BCUT2D eigenvalue weighted by atomic mass is 10.1. The summed E-state index contributed by atoms with van der Waals surface area (Å²) in [5.74, 6) is -2.56. The Morgan fingerprint density at radius 2 is 1.86 bits per heavy atom. The number of hydrogen-bond donors (Lipinski definition) is 3. The summed E-state index contributed by atoms with van der Waals surface area (Å²) in [6.45, 7) is -1.51. The predicted molar refractivity (Wildman–Crippen MR) is 105 cm³/mol. The molecule has 0 aromatic carbocycles. The number of carbonyl (C=O) groups is 1. The highest BCUT2D eigenvalue weighted by molar-refractivity contribution is 5.73. The average molecular weight is 511 g/mol. The molecule has 0 aliphatic heterocycles. The number of H-pyrrole nitrogens is 1. The number of pyridine rings is 1. The van der Waals surface area contributed by atoms with Crippen LogP contribution >= 0.6 is 0 Å². The summed E-state index contributed by atoms with van der Waals surface area (Å²) < 4.78 is 84.5. The van der Waals surface area contributed by atoms with E-state index in [1.54, 1.807) is 13.0 Å². The maximum Gasteiger partial charge on any atom is 0.490 e. The van der Waals surface area contributed by atoms with Crippen molar-refractivity contribution in [2.45, 2.75) is 26.1 Å². The maximum atomic E-state index is 12.9. The Hall–Kier alpha value is -4.02. The smallest absolute Gasteiger partial charge is 0.475 e. The summed E-state index contributed by atoms with van der Waals surface area (Å²) in [6.07, 6.45) is -3.55. The highest BCUT2D eigenvalue weighted by Crippen LogP contribution is 2.24. The molecule has 0 unspecified atom stereocenters. The van der Waals surface area contributed by atoms with Crippen LogP contribution in [0.2, 0.25) is 0 Å². The van der Waals surface area contributed by atoms with Crippen LogP contribution in [0.4, 0.5) is 30.7 Å². The topological polar surface area (TPSA) is 145 Å². The number of rotatable bonds is 6. The van der Waals surface area contributed by atoms with Crippen LogP contribution in [-0.4, -0.2) is 53.3 Å². The minimum Gasteiger partial charge on any atom is -0.475 e. The van der Waals surface area contributed by atoms with Crippen molar-refractivity contribution < 1.29 is 40.6 Å². The van der Waals surface area contributed by atoms with Gasteiger partial charge >= 0.3 is 24.4 Å². The van der Waals surface area contributed by atoms with Crippen LogP contribution < -0.4 is 11.4 Å². The van der Waals surface area contributed by atoms with E-state index in [0.29, 0.717) is 21.4 Å². The van der Waals surface area contributed by atoms with Crippen LogP contribution in [0, 0.1) is 6.92 Å². The molecule has 3 aromatic rings. The molecular weight excluding hydrogens is 495 g/mol. The fraction of sp³-hybridized carbons (Fsp3) is 0.278. The molecule has 0 fully saturated rings. The van der Waals surface area contributed by atoms with Crippen LogP contribution in [0.3, 0.4) is 0 Å². The van der Waals surface area contributed by atoms with E-state index in [0.717, 1.165) is 4.57 Å². The minimum atomic E-state index is -5.08. The third kappa shape index (κ3) is 6.75. The summed E-state index contributed by atoms with van der Waals surface area (Å²) in [4.78, 5) is 25.2. The molecule has 0 radical (unpaired) electrons. The Kier molecular flexibility index (Phi) is 8.51. The number of nitrogens with zero attached hydrogens (tertiary/aromatic N) is 5. The van der Waals surface area contributed by atoms with E-state index in [-0.39, 0.29) is 30.2 Å². The van der Waals surface area contributed by atoms with E-state index >= 15 is 0 Å². The highest BCUT2D eigenvalue weighted by Gasteiger charge is 2.38. The third-order valence-corrected chi connectivity index (χ3v) is 4.27. The predicted octanol–water partition coefficient (Wildman–Crippen LogP) is 2.81. The molecule has 17 heteroatoms. The van der Waals surface area contributed by atoms with Gasteiger partial charge < -0.3 is 10.8 Å². The summed E-state index contributed by atoms with van der Waals surface area (Å²) in [6, 6.07) is 1.62. The molecule has 0 amide bonds. The van der Waals surface area contributed by atoms with Crippen molar-refractivity contribution in [1.29, 1.82) is 0 Å². The Morgan fingerprint density at radius 3 is 2.31 bits per heavy atom. The van der Waals surface area contributed by atoms with Crippen molar-refractivity contribution in [1.82, 2.24) is 29.5 Å². The van der Waals surface area contributed by atoms with E-state index in [4.69, 9.17) is 15.6 Å². The van der Waals surface area contributed by atoms with Gasteiger partial charge in [-0.1, -0.05) is 0 Å². The molecule has 190 valence electrons. The average Bonchev–Trinajstić information content (AvgIpc) is 3.39. The van der Waals surface area contributed by atoms with Crippen molar-refractivity contribution in [3.8, 4) is 16.9 Å². The number of halogens is 7. The zero-order valence-electron chi connectivity index (χ0n) is 17.5. The van der Waals surface area contributed by atoms with Crippen LogP contribution in [0.5, 0.6) is 0 Å². The number of aromatic nitrogens is 6. The van der Waals surface area contributed by atoms with E-state index in [2.05, 4.69) is 20.3 Å². The van der Waals surface area contributed by atoms with Crippen molar-refractivity contribution >= 4 is 5.97 Å². The third-order valence-electron chi connectivity index (χ3n) is 4.27. The fourth-order valence-electron chi connectivity index (χ4n) is 2.63. The molecule has 0 saturated carbocycles. The first-order valence-electron chi connectivity index (χ1n) is 9.25. The van der Waals surface area contributed by atoms with Gasteiger partial charge in [0.25, 0.3) is 6.08 Å². The van der Waals surface area contributed by atoms with E-state index in [9.17, 15) is 35.5 Å². The van der Waals surface area contributed by atoms with Crippen LogP contribution in [0.1, 0.15) is 17.9 Å². The number of aryl methyl sites for hydroxylation is 1. The second-order valence-electron chi connectivity index (χ2n) is 6.68. The van der Waals surface area contributed by atoms with Gasteiger partial charge in [0.15, 0.2) is 0 Å². The summed E-state index contributed by atoms with van der Waals surface area (Å²) in [7, 11) is 0. The molecule has 0 bridgehead atoms. The molecule has 0 aliphatic rings. The Labute approximate surface area is 190 Å². The second kappa shape index (κ2) is 10.9. The summed E-state index contributed by atoms with van der Waals surface area (Å²) >= 11 is 0. The molecule has 3 rings (SSSR count). The molecular formula is C18H16F7N7O3. The van der Waals surface area contributed by atoms with Gasteiger partial charge in [-0.2, -0.15) is 40.9 Å². The lowest BCUT2D eigenvalue weighted by molar-refractivity contribution is -0.192. The van der Waals surface area contributed by atoms with Gasteiger partial charge in [-0.05, 0) is 18.6 Å². The van der Waals surface area contributed by atoms with E-state index in [1.807, 2.05) is 0 Å². The quantitative estimate of drug-likeness (QED) is 0.432. The van der Waals surface area contributed by atoms with Gasteiger partial charge in [0.2, 0.25) is 0 Å². The van der Waals surface area contributed by atoms with Crippen molar-refractivity contribution in [3.63, 3.8) is 0 Å². The summed E-state index contributed by atoms with van der Waals surface area (Å²) in [5.41, 5.74) is 5.73. The molecule has 0 saturated heterocycles. The number of aromatic amines is 1. The molecule has 0 aliphatic carbocycles. The van der Waals surface area contributed by atoms with Gasteiger partial charge in [-0.3, -0.25) is 0 Å². The first-order valence-corrected chi connectivity index (χ1v) is 9.25. The Bertz CT molecular complexity index is 1270. The number of nitrogens with two attached hydrogens (primary N) is 1. The fourth-order valence-corrected chi connectivity index (χ4v) is 2.63. The van der Waals surface area contributed by atoms with Gasteiger partial charge in [-0.25, -0.2) is 28.9 Å². The molecule has 10 nitrogen and oxygen atoms in total. The standard InChI is InChI=1S/C16H15F4N7O.C2HF3O2/c1-8-2-10(11-6-23-26(7-11)15(19)20)5-22-14(8)27-12(24-25-16(27)28)3-9(4-21)13(17)18;3-2(4,5)1(6)7/h2,5-7,15H,3-4,21H2,1H3,(H,25,28);(H,6,7). The van der Waals surface area contributed by atoms with Crippen LogP contribution in [0.25, 0.3) is 16.9 Å². The minimum absolute atomic E-state index is 0.0205. The van der Waals surface area contributed by atoms with Crippen LogP contribution in [-0.2, 0) is 11.2 Å². The zero-order valence-corrected chi connectivity index (χ0v) is 17.5. The SMILES string of the molecule is Cc1cc(-c2cnn(C(F)F)c2)cnc1-n1c(CC(CN)=C(F)F)n[nH]c1=O.O=C(O)C(F)(F)F. The molecule has 3 heterocycles. The molecule has 0 atom stereocenters. The first-order chi connectivity index (χ1) is 16.3. The number of aliphatic carboxylic acids is 1. The maximum absolute atomic E-state index is 12.9. The molecule has 0 spiro atoms. The number of hydrogen-bond acceptors (Lipinski definition) is 6. The lowest BCUT2D eigenvalue weighted by Crippen LogP contribution is -2.21. The Morgan fingerprint density at radius 1 is 1.23 bits per heavy atom. The number of nitrogens with one attached hydrogen (secondary N) is 1. The van der Waals surface area contributed by atoms with E-state index in [1.165, 1.54) is 18.6 Å². The number of alkyl halides is 5. The number of carboxylic acids is 1.